The van der Waals surface area contributed by atoms with E-state index in [1.54, 1.807) is 0 Å². The number of nitrogens with zero attached hydrogens (tertiary/aromatic N) is 3. The van der Waals surface area contributed by atoms with Gasteiger partial charge in [-0.15, -0.1) is 0 Å². The molecule has 12 heavy (non-hydrogen) atoms. The highest BCUT2D eigenvalue weighted by Crippen LogP contribution is 2.26. The fourth-order valence-electron chi connectivity index (χ4n) is 1.45. The van der Waals surface area contributed by atoms with Crippen molar-refractivity contribution in [3.05, 3.63) is 10.4 Å². The molecule has 0 spiro atoms. The highest BCUT2D eigenvalue weighted by Gasteiger charge is 2.26. The Kier molecular flexibility index (Phi) is 3.38. The van der Waals surface area contributed by atoms with Crippen LogP contribution in [-0.4, -0.2) is 19.3 Å². The molecule has 1 aliphatic heterocycles. The lowest BCUT2D eigenvalue weighted by Gasteiger charge is -2.10. The fraction of sp³-hybridized carbons (Fsp3) is 1.00. The number of ether oxygens (including phenoxy) is 1. The van der Waals surface area contributed by atoms with Crippen molar-refractivity contribution in [3.8, 4) is 0 Å². The number of azide groups is 1. The molecule has 68 valence electrons. The predicted octanol–water partition coefficient (Wildman–Crippen LogP) is 2.36. The minimum Gasteiger partial charge on any atom is -0.378 e. The summed E-state index contributed by atoms with van der Waals surface area (Å²) in [6.07, 6.45) is 1.20. The maximum Gasteiger partial charge on any atom is 0.0635 e. The maximum absolute atomic E-state index is 8.10. The van der Waals surface area contributed by atoms with E-state index in [-0.39, 0.29) is 6.10 Å². The fourth-order valence-corrected chi connectivity index (χ4v) is 1.45. The van der Waals surface area contributed by atoms with Gasteiger partial charge in [-0.05, 0) is 23.8 Å². The molecule has 0 saturated carbocycles. The zero-order valence-electron chi connectivity index (χ0n) is 7.60. The molecule has 0 aliphatic carbocycles. The van der Waals surface area contributed by atoms with E-state index in [0.29, 0.717) is 18.4 Å². The molecule has 0 unspecified atom stereocenters. The summed E-state index contributed by atoms with van der Waals surface area (Å²) in [6.45, 7) is 5.71. The summed E-state index contributed by atoms with van der Waals surface area (Å²) in [6, 6.07) is 0. The third-order valence-electron chi connectivity index (χ3n) is 2.40. The lowest BCUT2D eigenvalue weighted by molar-refractivity contribution is 0.109. The predicted molar refractivity (Wildman–Crippen MR) is 46.7 cm³/mol. The topological polar surface area (TPSA) is 58.0 Å². The van der Waals surface area contributed by atoms with Crippen LogP contribution in [0.5, 0.6) is 0 Å². The van der Waals surface area contributed by atoms with Crippen molar-refractivity contribution in [2.75, 3.05) is 13.2 Å². The lowest BCUT2D eigenvalue weighted by Crippen LogP contribution is -2.10. The Morgan fingerprint density at radius 1 is 1.67 bits per heavy atom. The Balaban J connectivity index is 2.30. The molecule has 0 aromatic carbocycles. The SMILES string of the molecule is CC(C)[C@@H]1CO[C@H](CN=[N+]=[N-])C1. The molecular formula is C8H15N3O. The molecule has 0 aromatic heterocycles. The van der Waals surface area contributed by atoms with Crippen LogP contribution >= 0.6 is 0 Å². The van der Waals surface area contributed by atoms with Crippen molar-refractivity contribution in [2.45, 2.75) is 26.4 Å². The van der Waals surface area contributed by atoms with Crippen molar-refractivity contribution >= 4 is 0 Å². The van der Waals surface area contributed by atoms with Gasteiger partial charge in [0.1, 0.15) is 0 Å². The van der Waals surface area contributed by atoms with Crippen LogP contribution in [0.2, 0.25) is 0 Å². The van der Waals surface area contributed by atoms with Crippen molar-refractivity contribution < 1.29 is 4.74 Å². The van der Waals surface area contributed by atoms with Crippen LogP contribution in [0.15, 0.2) is 5.11 Å². The van der Waals surface area contributed by atoms with Crippen LogP contribution in [0.1, 0.15) is 20.3 Å². The average Bonchev–Trinajstić information content (AvgIpc) is 2.48. The van der Waals surface area contributed by atoms with Crippen molar-refractivity contribution in [1.82, 2.24) is 0 Å². The third kappa shape index (κ3) is 2.40. The van der Waals surface area contributed by atoms with Crippen molar-refractivity contribution in [2.24, 2.45) is 17.0 Å². The van der Waals surface area contributed by atoms with Crippen LogP contribution in [0, 0.1) is 11.8 Å². The second-order valence-electron chi connectivity index (χ2n) is 3.61. The molecule has 4 nitrogen and oxygen atoms in total. The lowest BCUT2D eigenvalue weighted by atomic mass is 9.93. The van der Waals surface area contributed by atoms with E-state index in [9.17, 15) is 0 Å². The molecule has 1 aliphatic rings. The normalized spacial score (nSPS) is 28.9. The van der Waals surface area contributed by atoms with Gasteiger partial charge >= 0.3 is 0 Å². The van der Waals surface area contributed by atoms with E-state index in [1.165, 1.54) is 0 Å². The van der Waals surface area contributed by atoms with Gasteiger partial charge in [-0.2, -0.15) is 0 Å². The Morgan fingerprint density at radius 2 is 2.42 bits per heavy atom. The molecule has 1 rings (SSSR count). The van der Waals surface area contributed by atoms with E-state index >= 15 is 0 Å². The summed E-state index contributed by atoms with van der Waals surface area (Å²) < 4.78 is 5.46. The van der Waals surface area contributed by atoms with Crippen LogP contribution < -0.4 is 0 Å². The molecule has 0 amide bonds. The molecule has 4 heteroatoms. The first-order valence-corrected chi connectivity index (χ1v) is 4.36. The second-order valence-corrected chi connectivity index (χ2v) is 3.61. The van der Waals surface area contributed by atoms with E-state index in [2.05, 4.69) is 23.9 Å². The van der Waals surface area contributed by atoms with Gasteiger partial charge in [0.15, 0.2) is 0 Å². The molecule has 0 radical (unpaired) electrons. The molecule has 0 N–H and O–H groups in total. The van der Waals surface area contributed by atoms with E-state index in [1.807, 2.05) is 0 Å². The molecule has 1 heterocycles. The first kappa shape index (κ1) is 9.36. The summed E-state index contributed by atoms with van der Waals surface area (Å²) in [7, 11) is 0. The third-order valence-corrected chi connectivity index (χ3v) is 2.40. The Bertz CT molecular complexity index is 187. The summed E-state index contributed by atoms with van der Waals surface area (Å²) >= 11 is 0. The average molecular weight is 169 g/mol. The molecule has 0 bridgehead atoms. The van der Waals surface area contributed by atoms with Gasteiger partial charge in [0, 0.05) is 4.91 Å². The monoisotopic (exact) mass is 169 g/mol. The molecule has 0 aromatic rings. The van der Waals surface area contributed by atoms with Gasteiger partial charge in [-0.1, -0.05) is 19.0 Å². The van der Waals surface area contributed by atoms with Crippen LogP contribution in [0.4, 0.5) is 0 Å². The quantitative estimate of drug-likeness (QED) is 0.363. The van der Waals surface area contributed by atoms with Gasteiger partial charge in [0.2, 0.25) is 0 Å². The second kappa shape index (κ2) is 4.33. The minimum atomic E-state index is 0.160. The number of hydrogen-bond acceptors (Lipinski definition) is 2. The molecular weight excluding hydrogens is 154 g/mol. The van der Waals surface area contributed by atoms with Gasteiger partial charge in [0.05, 0.1) is 19.3 Å². The minimum absolute atomic E-state index is 0.160. The van der Waals surface area contributed by atoms with Gasteiger partial charge in [-0.3, -0.25) is 0 Å². The highest BCUT2D eigenvalue weighted by atomic mass is 16.5. The first-order chi connectivity index (χ1) is 5.74. The van der Waals surface area contributed by atoms with Crippen LogP contribution in [0.25, 0.3) is 10.4 Å². The maximum atomic E-state index is 8.10. The van der Waals surface area contributed by atoms with Gasteiger partial charge < -0.3 is 4.74 Å². The highest BCUT2D eigenvalue weighted by molar-refractivity contribution is 4.77. The Labute approximate surface area is 72.5 Å². The molecule has 1 saturated heterocycles. The summed E-state index contributed by atoms with van der Waals surface area (Å²) in [4.78, 5) is 2.71. The standard InChI is InChI=1S/C8H15N3O/c1-6(2)7-3-8(12-5-7)4-10-11-9/h6-8H,3-5H2,1-2H3/t7-,8-/m0/s1. The Morgan fingerprint density at radius 3 is 2.92 bits per heavy atom. The van der Waals surface area contributed by atoms with E-state index in [4.69, 9.17) is 10.3 Å². The summed E-state index contributed by atoms with van der Waals surface area (Å²) in [5.74, 6) is 1.31. The molecule has 1 fully saturated rings. The molecule has 2 atom stereocenters. The zero-order chi connectivity index (χ0) is 8.97. The smallest absolute Gasteiger partial charge is 0.0635 e. The zero-order valence-corrected chi connectivity index (χ0v) is 7.60. The van der Waals surface area contributed by atoms with Crippen molar-refractivity contribution in [3.63, 3.8) is 0 Å². The number of rotatable bonds is 3. The Hall–Kier alpha value is -0.730. The first-order valence-electron chi connectivity index (χ1n) is 4.36. The van der Waals surface area contributed by atoms with Crippen molar-refractivity contribution in [1.29, 1.82) is 0 Å². The van der Waals surface area contributed by atoms with Gasteiger partial charge in [0.25, 0.3) is 0 Å². The largest absolute Gasteiger partial charge is 0.378 e. The van der Waals surface area contributed by atoms with Crippen LogP contribution in [-0.2, 0) is 4.74 Å². The van der Waals surface area contributed by atoms with Crippen LogP contribution in [0.3, 0.4) is 0 Å². The summed E-state index contributed by atoms with van der Waals surface area (Å²) in [5, 5.41) is 3.50. The van der Waals surface area contributed by atoms with E-state index in [0.717, 1.165) is 13.0 Å². The van der Waals surface area contributed by atoms with Gasteiger partial charge in [-0.25, -0.2) is 0 Å². The summed E-state index contributed by atoms with van der Waals surface area (Å²) in [5.41, 5.74) is 8.10. The van der Waals surface area contributed by atoms with E-state index < -0.39 is 0 Å². The number of hydrogen-bond donors (Lipinski definition) is 0.